The number of ether oxygens (including phenoxy) is 1. The van der Waals surface area contributed by atoms with Crippen molar-refractivity contribution in [2.45, 2.75) is 39.3 Å². The number of phenols is 1. The normalized spacial score (nSPS) is 17.4. The Balaban J connectivity index is 1.53. The molecule has 43 heavy (non-hydrogen) atoms. The van der Waals surface area contributed by atoms with Gasteiger partial charge < -0.3 is 15.2 Å². The SMILES string of the molecule is CC1(C)CC(=O)C2=C(C1)Nc1c(O)cccc1N(C(=O)c1ccc(=O)[nH]n1)C2c1ccc(OCc2ccccc2)cc1F. The molecule has 1 amide bonds. The Morgan fingerprint density at radius 2 is 1.84 bits per heavy atom. The number of nitrogens with one attached hydrogen (secondary N) is 2. The second-order valence-corrected chi connectivity index (χ2v) is 11.5. The van der Waals surface area contributed by atoms with Gasteiger partial charge in [-0.3, -0.25) is 19.3 Å². The minimum Gasteiger partial charge on any atom is -0.506 e. The van der Waals surface area contributed by atoms with Crippen LogP contribution in [-0.4, -0.2) is 27.0 Å². The number of ketones is 1. The number of aromatic amines is 1. The molecule has 3 N–H and O–H groups in total. The van der Waals surface area contributed by atoms with Gasteiger partial charge in [0, 0.05) is 35.4 Å². The van der Waals surface area contributed by atoms with Gasteiger partial charge in [-0.15, -0.1) is 0 Å². The lowest BCUT2D eigenvalue weighted by atomic mass is 9.73. The van der Waals surface area contributed by atoms with E-state index in [1.807, 2.05) is 44.2 Å². The summed E-state index contributed by atoms with van der Waals surface area (Å²) in [4.78, 5) is 41.1. The largest absolute Gasteiger partial charge is 0.506 e. The molecule has 1 aliphatic carbocycles. The Bertz CT molecular complexity index is 1810. The standard InChI is InChI=1S/C33H29FN4O5/c1-33(2)16-24-29(27(40)17-33)31(21-12-11-20(15-22(21)34)43-18-19-7-4-3-5-8-19)38(25-9-6-10-26(39)30(25)35-24)32(42)23-13-14-28(41)37-36-23/h3-15,31,35,39H,16-18H2,1-2H3,(H,37,41). The number of aromatic hydroxyl groups is 1. The van der Waals surface area contributed by atoms with E-state index in [4.69, 9.17) is 4.74 Å². The highest BCUT2D eigenvalue weighted by Gasteiger charge is 2.45. The van der Waals surface area contributed by atoms with Crippen LogP contribution in [0.4, 0.5) is 15.8 Å². The molecule has 6 rings (SSSR count). The molecule has 0 saturated heterocycles. The summed E-state index contributed by atoms with van der Waals surface area (Å²) in [6, 6.07) is 19.6. The smallest absolute Gasteiger partial charge is 0.279 e. The summed E-state index contributed by atoms with van der Waals surface area (Å²) in [7, 11) is 0. The quantitative estimate of drug-likeness (QED) is 0.261. The van der Waals surface area contributed by atoms with Crippen molar-refractivity contribution in [3.05, 3.63) is 123 Å². The van der Waals surface area contributed by atoms with Crippen molar-refractivity contribution in [3.8, 4) is 11.5 Å². The van der Waals surface area contributed by atoms with E-state index in [2.05, 4.69) is 15.5 Å². The molecule has 0 saturated carbocycles. The van der Waals surface area contributed by atoms with Gasteiger partial charge in [0.05, 0.1) is 11.7 Å². The number of aromatic nitrogens is 2. The van der Waals surface area contributed by atoms with Crippen LogP contribution in [0.25, 0.3) is 0 Å². The highest BCUT2D eigenvalue weighted by atomic mass is 19.1. The van der Waals surface area contributed by atoms with Gasteiger partial charge in [0.1, 0.15) is 35.3 Å². The van der Waals surface area contributed by atoms with Crippen molar-refractivity contribution in [3.63, 3.8) is 0 Å². The van der Waals surface area contributed by atoms with Gasteiger partial charge in [0.25, 0.3) is 11.5 Å². The number of carbonyl (C=O) groups excluding carboxylic acids is 2. The third kappa shape index (κ3) is 5.39. The minimum absolute atomic E-state index is 0.0587. The van der Waals surface area contributed by atoms with E-state index >= 15 is 4.39 Å². The van der Waals surface area contributed by atoms with Crippen LogP contribution in [0, 0.1) is 11.2 Å². The molecule has 1 unspecified atom stereocenters. The molecule has 2 heterocycles. The first kappa shape index (κ1) is 27.9. The molecule has 1 aromatic heterocycles. The number of anilines is 2. The van der Waals surface area contributed by atoms with E-state index in [0.29, 0.717) is 12.1 Å². The molecular formula is C33H29FN4O5. The Kier molecular flexibility index (Phi) is 7.05. The van der Waals surface area contributed by atoms with Crippen LogP contribution in [-0.2, 0) is 11.4 Å². The molecule has 218 valence electrons. The first-order valence-corrected chi connectivity index (χ1v) is 13.8. The number of rotatable bonds is 5. The van der Waals surface area contributed by atoms with Gasteiger partial charge in [0.15, 0.2) is 5.78 Å². The Morgan fingerprint density at radius 1 is 1.05 bits per heavy atom. The minimum atomic E-state index is -1.22. The van der Waals surface area contributed by atoms with Crippen LogP contribution < -0.4 is 20.5 Å². The number of hydrogen-bond acceptors (Lipinski definition) is 7. The Morgan fingerprint density at radius 3 is 2.56 bits per heavy atom. The van der Waals surface area contributed by atoms with E-state index in [0.717, 1.165) is 11.6 Å². The van der Waals surface area contributed by atoms with Crippen molar-refractivity contribution in [1.82, 2.24) is 10.2 Å². The predicted molar refractivity (Wildman–Crippen MR) is 158 cm³/mol. The van der Waals surface area contributed by atoms with Gasteiger partial charge in [0.2, 0.25) is 0 Å². The third-order valence-corrected chi connectivity index (χ3v) is 7.64. The number of para-hydroxylation sites is 1. The van der Waals surface area contributed by atoms with E-state index in [1.54, 1.807) is 18.2 Å². The maximum Gasteiger partial charge on any atom is 0.279 e. The van der Waals surface area contributed by atoms with Crippen molar-refractivity contribution in [2.75, 3.05) is 10.2 Å². The van der Waals surface area contributed by atoms with Crippen LogP contribution in [0.1, 0.15) is 54.3 Å². The van der Waals surface area contributed by atoms with Gasteiger partial charge in [-0.25, -0.2) is 9.49 Å². The second-order valence-electron chi connectivity index (χ2n) is 11.5. The van der Waals surface area contributed by atoms with Gasteiger partial charge in [-0.1, -0.05) is 50.2 Å². The van der Waals surface area contributed by atoms with Crippen LogP contribution in [0.3, 0.4) is 0 Å². The number of carbonyl (C=O) groups is 2. The molecular weight excluding hydrogens is 551 g/mol. The van der Waals surface area contributed by atoms with Crippen molar-refractivity contribution < 1.29 is 23.8 Å². The fourth-order valence-corrected chi connectivity index (χ4v) is 5.71. The molecule has 1 aliphatic heterocycles. The average Bonchev–Trinajstić information content (AvgIpc) is 3.11. The summed E-state index contributed by atoms with van der Waals surface area (Å²) in [6.45, 7) is 4.13. The van der Waals surface area contributed by atoms with Crippen molar-refractivity contribution >= 4 is 23.1 Å². The Hall–Kier alpha value is -5.25. The number of halogens is 1. The van der Waals surface area contributed by atoms with E-state index in [9.17, 15) is 19.5 Å². The molecule has 3 aromatic carbocycles. The summed E-state index contributed by atoms with van der Waals surface area (Å²) in [5.74, 6) is -1.52. The zero-order valence-corrected chi connectivity index (χ0v) is 23.6. The maximum atomic E-state index is 16.2. The average molecular weight is 581 g/mol. The molecule has 2 aliphatic rings. The summed E-state index contributed by atoms with van der Waals surface area (Å²) >= 11 is 0. The summed E-state index contributed by atoms with van der Waals surface area (Å²) in [5.41, 5.74) is 1.02. The fourth-order valence-electron chi connectivity index (χ4n) is 5.71. The first-order valence-electron chi connectivity index (χ1n) is 13.8. The molecule has 0 bridgehead atoms. The monoisotopic (exact) mass is 580 g/mol. The molecule has 9 nitrogen and oxygen atoms in total. The summed E-state index contributed by atoms with van der Waals surface area (Å²) < 4.78 is 22.0. The summed E-state index contributed by atoms with van der Waals surface area (Å²) in [6.07, 6.45) is 0.586. The van der Waals surface area contributed by atoms with E-state index in [-0.39, 0.29) is 58.5 Å². The lowest BCUT2D eigenvalue weighted by molar-refractivity contribution is -0.118. The van der Waals surface area contributed by atoms with E-state index < -0.39 is 28.7 Å². The predicted octanol–water partition coefficient (Wildman–Crippen LogP) is 5.65. The number of benzene rings is 3. The van der Waals surface area contributed by atoms with Crippen LogP contribution in [0.2, 0.25) is 0 Å². The summed E-state index contributed by atoms with van der Waals surface area (Å²) in [5, 5.41) is 20.3. The van der Waals surface area contributed by atoms with Gasteiger partial charge in [-0.2, -0.15) is 5.10 Å². The lowest BCUT2D eigenvalue weighted by Crippen LogP contribution is -2.40. The number of Topliss-reactive ketones (excluding diaryl/α,β-unsaturated/α-hetero) is 1. The number of allylic oxidation sites excluding steroid dienone is 1. The lowest BCUT2D eigenvalue weighted by Gasteiger charge is -2.37. The zero-order chi connectivity index (χ0) is 30.3. The van der Waals surface area contributed by atoms with Gasteiger partial charge in [-0.05, 0) is 47.7 Å². The maximum absolute atomic E-state index is 16.2. The zero-order valence-electron chi connectivity index (χ0n) is 23.6. The topological polar surface area (TPSA) is 125 Å². The van der Waals surface area contributed by atoms with Crippen molar-refractivity contribution in [2.24, 2.45) is 5.41 Å². The van der Waals surface area contributed by atoms with Crippen LogP contribution in [0.15, 0.2) is 94.9 Å². The molecule has 1 atom stereocenters. The second kappa shape index (κ2) is 10.9. The van der Waals surface area contributed by atoms with Crippen LogP contribution in [0.5, 0.6) is 11.5 Å². The number of amides is 1. The molecule has 0 fully saturated rings. The van der Waals surface area contributed by atoms with E-state index in [1.165, 1.54) is 29.2 Å². The highest BCUT2D eigenvalue weighted by Crippen LogP contribution is 2.51. The number of phenolic OH excluding ortho intramolecular Hbond substituents is 1. The molecule has 10 heteroatoms. The highest BCUT2D eigenvalue weighted by molar-refractivity contribution is 6.11. The van der Waals surface area contributed by atoms with Gasteiger partial charge >= 0.3 is 0 Å². The number of H-pyrrole nitrogens is 1. The third-order valence-electron chi connectivity index (χ3n) is 7.64. The first-order chi connectivity index (χ1) is 20.6. The molecule has 0 radical (unpaired) electrons. The molecule has 4 aromatic rings. The number of hydrogen-bond donors (Lipinski definition) is 3. The van der Waals surface area contributed by atoms with Crippen LogP contribution >= 0.6 is 0 Å². The molecule has 0 spiro atoms. The number of fused-ring (bicyclic) bond motifs is 1. The van der Waals surface area contributed by atoms with Crippen molar-refractivity contribution in [1.29, 1.82) is 0 Å². The fraction of sp³-hybridized carbons (Fsp3) is 0.212. The number of nitrogens with zero attached hydrogens (tertiary/aromatic N) is 2. The Labute approximate surface area is 246 Å².